The van der Waals surface area contributed by atoms with Crippen molar-refractivity contribution in [1.29, 1.82) is 0 Å². The first-order chi connectivity index (χ1) is 10.4. The zero-order chi connectivity index (χ0) is 16.4. The van der Waals surface area contributed by atoms with E-state index in [-0.39, 0.29) is 13.0 Å². The standard InChI is InChI=1S/C13H19N5O4/c1-4-7-18-10-9(11(21)17(3)13(18)22)16(2)12(15-10)14-6-5-8(19)20/h4-7H2,1-3H3,(H,14,15)(H,19,20). The van der Waals surface area contributed by atoms with Crippen molar-refractivity contribution in [3.05, 3.63) is 20.8 Å². The molecule has 2 aromatic heterocycles. The number of carboxylic acid groups (broad SMARTS) is 1. The van der Waals surface area contributed by atoms with Gasteiger partial charge in [-0.3, -0.25) is 18.7 Å². The minimum absolute atomic E-state index is 0.0665. The molecule has 0 saturated carbocycles. The van der Waals surface area contributed by atoms with Crippen LogP contribution in [0.3, 0.4) is 0 Å². The molecule has 2 N–H and O–H groups in total. The van der Waals surface area contributed by atoms with Gasteiger partial charge in [0.25, 0.3) is 5.56 Å². The number of aromatic nitrogens is 4. The fourth-order valence-electron chi connectivity index (χ4n) is 2.29. The van der Waals surface area contributed by atoms with Crippen molar-refractivity contribution in [3.8, 4) is 0 Å². The van der Waals surface area contributed by atoms with Gasteiger partial charge in [0.05, 0.1) is 6.42 Å². The van der Waals surface area contributed by atoms with Gasteiger partial charge in [0.2, 0.25) is 5.95 Å². The van der Waals surface area contributed by atoms with Crippen molar-refractivity contribution in [1.82, 2.24) is 18.7 Å². The van der Waals surface area contributed by atoms with Crippen LogP contribution in [0, 0.1) is 0 Å². The Labute approximate surface area is 125 Å². The average molecular weight is 309 g/mol. The minimum Gasteiger partial charge on any atom is -0.481 e. The van der Waals surface area contributed by atoms with Crippen LogP contribution in [0.25, 0.3) is 11.2 Å². The molecule has 0 atom stereocenters. The van der Waals surface area contributed by atoms with Gasteiger partial charge in [0.15, 0.2) is 11.2 Å². The van der Waals surface area contributed by atoms with Crippen LogP contribution in [0.5, 0.6) is 0 Å². The number of carbonyl (C=O) groups is 1. The number of nitrogens with zero attached hydrogens (tertiary/aromatic N) is 4. The summed E-state index contributed by atoms with van der Waals surface area (Å²) in [6.45, 7) is 2.57. The van der Waals surface area contributed by atoms with Gasteiger partial charge in [-0.2, -0.15) is 4.98 Å². The molecule has 0 radical (unpaired) electrons. The van der Waals surface area contributed by atoms with E-state index in [1.165, 1.54) is 11.6 Å². The molecule has 0 aliphatic rings. The molecule has 0 unspecified atom stereocenters. The normalized spacial score (nSPS) is 11.0. The molecule has 0 aromatic carbocycles. The number of fused-ring (bicyclic) bond motifs is 1. The number of hydrogen-bond donors (Lipinski definition) is 2. The second-order valence-corrected chi connectivity index (χ2v) is 5.04. The second kappa shape index (κ2) is 6.04. The van der Waals surface area contributed by atoms with E-state index in [1.807, 2.05) is 6.92 Å². The summed E-state index contributed by atoms with van der Waals surface area (Å²) in [6, 6.07) is 0. The van der Waals surface area contributed by atoms with E-state index in [0.29, 0.717) is 23.7 Å². The Hall–Kier alpha value is -2.58. The zero-order valence-corrected chi connectivity index (χ0v) is 12.8. The van der Waals surface area contributed by atoms with Crippen molar-refractivity contribution in [2.24, 2.45) is 14.1 Å². The molecular weight excluding hydrogens is 290 g/mol. The van der Waals surface area contributed by atoms with E-state index in [9.17, 15) is 14.4 Å². The molecule has 0 amide bonds. The quantitative estimate of drug-likeness (QED) is 0.760. The van der Waals surface area contributed by atoms with E-state index in [4.69, 9.17) is 5.11 Å². The third-order valence-electron chi connectivity index (χ3n) is 3.43. The maximum atomic E-state index is 12.3. The van der Waals surface area contributed by atoms with E-state index in [0.717, 1.165) is 11.0 Å². The number of rotatable bonds is 6. The van der Waals surface area contributed by atoms with Gasteiger partial charge in [-0.05, 0) is 6.42 Å². The first-order valence-corrected chi connectivity index (χ1v) is 7.00. The highest BCUT2D eigenvalue weighted by molar-refractivity contribution is 5.74. The molecule has 120 valence electrons. The molecule has 2 aromatic rings. The fraction of sp³-hybridized carbons (Fsp3) is 0.538. The van der Waals surface area contributed by atoms with Crippen LogP contribution in [-0.4, -0.2) is 36.3 Å². The molecule has 22 heavy (non-hydrogen) atoms. The van der Waals surface area contributed by atoms with Gasteiger partial charge in [-0.25, -0.2) is 4.79 Å². The highest BCUT2D eigenvalue weighted by Crippen LogP contribution is 2.14. The Balaban J connectivity index is 2.59. The first-order valence-electron chi connectivity index (χ1n) is 7.00. The van der Waals surface area contributed by atoms with Crippen molar-refractivity contribution in [3.63, 3.8) is 0 Å². The molecule has 0 fully saturated rings. The zero-order valence-electron chi connectivity index (χ0n) is 12.8. The van der Waals surface area contributed by atoms with Crippen molar-refractivity contribution in [2.75, 3.05) is 11.9 Å². The number of anilines is 1. The van der Waals surface area contributed by atoms with E-state index < -0.39 is 17.2 Å². The smallest absolute Gasteiger partial charge is 0.332 e. The Morgan fingerprint density at radius 2 is 1.95 bits per heavy atom. The molecule has 0 spiro atoms. The molecule has 2 heterocycles. The van der Waals surface area contributed by atoms with Crippen LogP contribution >= 0.6 is 0 Å². The first kappa shape index (κ1) is 15.8. The van der Waals surface area contributed by atoms with Crippen molar-refractivity contribution >= 4 is 23.1 Å². The Morgan fingerprint density at radius 1 is 1.27 bits per heavy atom. The summed E-state index contributed by atoms with van der Waals surface area (Å²) in [5, 5.41) is 11.5. The number of nitrogens with one attached hydrogen (secondary N) is 1. The summed E-state index contributed by atoms with van der Waals surface area (Å²) in [4.78, 5) is 39.3. The van der Waals surface area contributed by atoms with Gasteiger partial charge in [-0.1, -0.05) is 6.92 Å². The third-order valence-corrected chi connectivity index (χ3v) is 3.43. The number of aryl methyl sites for hydroxylation is 2. The molecule has 9 nitrogen and oxygen atoms in total. The predicted octanol–water partition coefficient (Wildman–Crippen LogP) is -0.270. The summed E-state index contributed by atoms with van der Waals surface area (Å²) in [7, 11) is 3.08. The Morgan fingerprint density at radius 3 is 2.55 bits per heavy atom. The molecule has 0 bridgehead atoms. The summed E-state index contributed by atoms with van der Waals surface area (Å²) in [6.07, 6.45) is 0.661. The maximum Gasteiger partial charge on any atom is 0.332 e. The van der Waals surface area contributed by atoms with E-state index in [2.05, 4.69) is 10.3 Å². The van der Waals surface area contributed by atoms with Crippen LogP contribution in [0.1, 0.15) is 19.8 Å². The highest BCUT2D eigenvalue weighted by Gasteiger charge is 2.18. The Bertz CT molecular complexity index is 830. The second-order valence-electron chi connectivity index (χ2n) is 5.04. The lowest BCUT2D eigenvalue weighted by Crippen LogP contribution is -2.38. The maximum absolute atomic E-state index is 12.3. The fourth-order valence-corrected chi connectivity index (χ4v) is 2.29. The summed E-state index contributed by atoms with van der Waals surface area (Å²) in [5.74, 6) is -0.561. The topological polar surface area (TPSA) is 111 Å². The SMILES string of the molecule is CCCn1c(=O)n(C)c(=O)c2c1nc(NCCC(=O)O)n2C. The molecule has 0 aliphatic heterocycles. The number of hydrogen-bond acceptors (Lipinski definition) is 5. The largest absolute Gasteiger partial charge is 0.481 e. The van der Waals surface area contributed by atoms with E-state index in [1.54, 1.807) is 11.6 Å². The van der Waals surface area contributed by atoms with Crippen LogP contribution < -0.4 is 16.6 Å². The number of imidazole rings is 1. The lowest BCUT2D eigenvalue weighted by Gasteiger charge is -2.07. The molecular formula is C13H19N5O4. The monoisotopic (exact) mass is 309 g/mol. The van der Waals surface area contributed by atoms with Gasteiger partial charge < -0.3 is 15.0 Å². The summed E-state index contributed by atoms with van der Waals surface area (Å²) in [5.41, 5.74) is -0.202. The average Bonchev–Trinajstić information content (AvgIpc) is 2.78. The van der Waals surface area contributed by atoms with Gasteiger partial charge in [0.1, 0.15) is 0 Å². The lowest BCUT2D eigenvalue weighted by atomic mass is 10.4. The minimum atomic E-state index is -0.926. The number of aliphatic carboxylic acids is 1. The van der Waals surface area contributed by atoms with Crippen molar-refractivity contribution in [2.45, 2.75) is 26.3 Å². The van der Waals surface area contributed by atoms with Crippen LogP contribution in [0.4, 0.5) is 5.95 Å². The molecule has 0 aliphatic carbocycles. The molecule has 0 saturated heterocycles. The number of carboxylic acids is 1. The van der Waals surface area contributed by atoms with Crippen LogP contribution in [0.2, 0.25) is 0 Å². The van der Waals surface area contributed by atoms with Gasteiger partial charge in [0, 0.05) is 27.2 Å². The summed E-state index contributed by atoms with van der Waals surface area (Å²) < 4.78 is 4.06. The van der Waals surface area contributed by atoms with Gasteiger partial charge in [-0.15, -0.1) is 0 Å². The van der Waals surface area contributed by atoms with Crippen LogP contribution in [0.15, 0.2) is 9.59 Å². The van der Waals surface area contributed by atoms with Crippen molar-refractivity contribution < 1.29 is 9.90 Å². The summed E-state index contributed by atoms with van der Waals surface area (Å²) >= 11 is 0. The van der Waals surface area contributed by atoms with Gasteiger partial charge >= 0.3 is 11.7 Å². The molecule has 2 rings (SSSR count). The van der Waals surface area contributed by atoms with E-state index >= 15 is 0 Å². The van der Waals surface area contributed by atoms with Crippen LogP contribution in [-0.2, 0) is 25.4 Å². The molecule has 9 heteroatoms. The predicted molar refractivity (Wildman–Crippen MR) is 81.2 cm³/mol. The highest BCUT2D eigenvalue weighted by atomic mass is 16.4. The Kier molecular flexibility index (Phi) is 4.34. The third kappa shape index (κ3) is 2.61. The lowest BCUT2D eigenvalue weighted by molar-refractivity contribution is -0.136.